The third kappa shape index (κ3) is 15.7. The minimum atomic E-state index is 0. The molecule has 0 aliphatic heterocycles. The standard InChI is InChI=1S/C9H21NS2.ClH/c10-9(12)7-5-3-1-2-4-6-8-11;/h9,11-12H,1-8,10H2;1H. The van der Waals surface area contributed by atoms with E-state index in [1.807, 2.05) is 0 Å². The Balaban J connectivity index is 0. The maximum Gasteiger partial charge on any atom is 0.0477 e. The maximum absolute atomic E-state index is 5.51. The lowest BCUT2D eigenvalue weighted by atomic mass is 10.1. The van der Waals surface area contributed by atoms with Gasteiger partial charge in [0.15, 0.2) is 0 Å². The Morgan fingerprint density at radius 1 is 0.923 bits per heavy atom. The van der Waals surface area contributed by atoms with Crippen LogP contribution in [0.3, 0.4) is 0 Å². The highest BCUT2D eigenvalue weighted by Gasteiger charge is 1.94. The van der Waals surface area contributed by atoms with Crippen molar-refractivity contribution in [1.29, 1.82) is 0 Å². The quantitative estimate of drug-likeness (QED) is 0.341. The van der Waals surface area contributed by atoms with Gasteiger partial charge in [-0.2, -0.15) is 25.3 Å². The molecular weight excluding hydrogens is 222 g/mol. The number of hydrogen-bond acceptors (Lipinski definition) is 3. The Bertz CT molecular complexity index is 91.7. The van der Waals surface area contributed by atoms with Crippen molar-refractivity contribution in [2.75, 3.05) is 5.75 Å². The van der Waals surface area contributed by atoms with Crippen molar-refractivity contribution in [2.24, 2.45) is 5.73 Å². The minimum absolute atomic E-state index is 0. The highest BCUT2D eigenvalue weighted by atomic mass is 35.5. The minimum Gasteiger partial charge on any atom is -0.320 e. The van der Waals surface area contributed by atoms with Crippen LogP contribution in [0.15, 0.2) is 0 Å². The molecule has 0 aliphatic carbocycles. The molecular formula is C9H22ClNS2. The van der Waals surface area contributed by atoms with E-state index >= 15 is 0 Å². The maximum atomic E-state index is 5.51. The Morgan fingerprint density at radius 3 is 1.85 bits per heavy atom. The average molecular weight is 244 g/mol. The average Bonchev–Trinajstić information content (AvgIpc) is 2.02. The summed E-state index contributed by atoms with van der Waals surface area (Å²) >= 11 is 8.29. The van der Waals surface area contributed by atoms with Crippen molar-refractivity contribution in [3.05, 3.63) is 0 Å². The first kappa shape index (κ1) is 16.4. The van der Waals surface area contributed by atoms with Crippen LogP contribution in [0.5, 0.6) is 0 Å². The molecule has 0 radical (unpaired) electrons. The fraction of sp³-hybridized carbons (Fsp3) is 1.00. The second-order valence-electron chi connectivity index (χ2n) is 3.20. The molecule has 0 aromatic heterocycles. The molecule has 0 aromatic carbocycles. The van der Waals surface area contributed by atoms with Crippen LogP contribution in [0.4, 0.5) is 0 Å². The van der Waals surface area contributed by atoms with Gasteiger partial charge in [-0.3, -0.25) is 0 Å². The largest absolute Gasteiger partial charge is 0.320 e. The van der Waals surface area contributed by atoms with Gasteiger partial charge in [0.25, 0.3) is 0 Å². The van der Waals surface area contributed by atoms with Gasteiger partial charge in [-0.05, 0) is 18.6 Å². The van der Waals surface area contributed by atoms with Gasteiger partial charge in [0.1, 0.15) is 0 Å². The molecule has 0 fully saturated rings. The van der Waals surface area contributed by atoms with Crippen LogP contribution >= 0.6 is 37.7 Å². The van der Waals surface area contributed by atoms with E-state index in [-0.39, 0.29) is 17.8 Å². The van der Waals surface area contributed by atoms with Gasteiger partial charge in [0.2, 0.25) is 0 Å². The van der Waals surface area contributed by atoms with Crippen molar-refractivity contribution in [1.82, 2.24) is 0 Å². The van der Waals surface area contributed by atoms with Crippen LogP contribution in [0.2, 0.25) is 0 Å². The van der Waals surface area contributed by atoms with E-state index in [9.17, 15) is 0 Å². The van der Waals surface area contributed by atoms with Crippen molar-refractivity contribution in [3.63, 3.8) is 0 Å². The Morgan fingerprint density at radius 2 is 1.38 bits per heavy atom. The van der Waals surface area contributed by atoms with Crippen LogP contribution < -0.4 is 5.73 Å². The molecule has 0 spiro atoms. The van der Waals surface area contributed by atoms with Crippen molar-refractivity contribution < 1.29 is 0 Å². The lowest BCUT2D eigenvalue weighted by Crippen LogP contribution is -2.10. The zero-order valence-corrected chi connectivity index (χ0v) is 10.7. The van der Waals surface area contributed by atoms with Gasteiger partial charge in [-0.1, -0.05) is 32.1 Å². The van der Waals surface area contributed by atoms with Crippen molar-refractivity contribution in [2.45, 2.75) is 50.3 Å². The molecule has 1 nitrogen and oxygen atoms in total. The molecule has 0 aromatic rings. The van der Waals surface area contributed by atoms with Gasteiger partial charge in [0, 0.05) is 5.37 Å². The number of unbranched alkanes of at least 4 members (excludes halogenated alkanes) is 5. The smallest absolute Gasteiger partial charge is 0.0477 e. The van der Waals surface area contributed by atoms with E-state index in [1.54, 1.807) is 0 Å². The third-order valence-electron chi connectivity index (χ3n) is 1.91. The fourth-order valence-electron chi connectivity index (χ4n) is 1.17. The highest BCUT2D eigenvalue weighted by Crippen LogP contribution is 2.09. The summed E-state index contributed by atoms with van der Waals surface area (Å²) < 4.78 is 0. The lowest BCUT2D eigenvalue weighted by Gasteiger charge is -2.03. The molecule has 0 rings (SSSR count). The molecule has 0 saturated heterocycles. The number of thiol groups is 2. The Hall–Kier alpha value is 0.950. The molecule has 0 aliphatic rings. The van der Waals surface area contributed by atoms with E-state index in [2.05, 4.69) is 25.3 Å². The molecule has 0 bridgehead atoms. The van der Waals surface area contributed by atoms with Crippen LogP contribution in [0.25, 0.3) is 0 Å². The first-order valence-corrected chi connectivity index (χ1v) is 5.96. The number of halogens is 1. The van der Waals surface area contributed by atoms with Crippen LogP contribution in [-0.4, -0.2) is 11.1 Å². The highest BCUT2D eigenvalue weighted by molar-refractivity contribution is 7.80. The van der Waals surface area contributed by atoms with E-state index in [1.165, 1.54) is 38.5 Å². The van der Waals surface area contributed by atoms with E-state index in [0.717, 1.165) is 12.2 Å². The summed E-state index contributed by atoms with van der Waals surface area (Å²) in [7, 11) is 0. The first-order chi connectivity index (χ1) is 5.77. The Kier molecular flexibility index (Phi) is 16.3. The predicted molar refractivity (Wildman–Crippen MR) is 70.4 cm³/mol. The number of hydrogen-bond donors (Lipinski definition) is 3. The van der Waals surface area contributed by atoms with E-state index in [0.29, 0.717) is 0 Å². The molecule has 0 heterocycles. The molecule has 0 amide bonds. The summed E-state index contributed by atoms with van der Waals surface area (Å²) in [4.78, 5) is 0. The van der Waals surface area contributed by atoms with E-state index < -0.39 is 0 Å². The monoisotopic (exact) mass is 243 g/mol. The normalized spacial score (nSPS) is 12.2. The van der Waals surface area contributed by atoms with Gasteiger partial charge < -0.3 is 5.73 Å². The Labute approximate surface area is 99.5 Å². The van der Waals surface area contributed by atoms with Crippen molar-refractivity contribution in [3.8, 4) is 0 Å². The first-order valence-electron chi connectivity index (χ1n) is 4.82. The lowest BCUT2D eigenvalue weighted by molar-refractivity contribution is 0.587. The summed E-state index contributed by atoms with van der Waals surface area (Å²) in [5, 5.41) is 0.0856. The van der Waals surface area contributed by atoms with Crippen LogP contribution in [0, 0.1) is 0 Å². The van der Waals surface area contributed by atoms with Gasteiger partial charge in [0.05, 0.1) is 0 Å². The van der Waals surface area contributed by atoms with Gasteiger partial charge in [-0.25, -0.2) is 0 Å². The summed E-state index contributed by atoms with van der Waals surface area (Å²) in [5.74, 6) is 1.03. The second kappa shape index (κ2) is 12.9. The number of nitrogens with two attached hydrogens (primary N) is 1. The van der Waals surface area contributed by atoms with Gasteiger partial charge in [-0.15, -0.1) is 12.4 Å². The van der Waals surface area contributed by atoms with Crippen LogP contribution in [0.1, 0.15) is 44.9 Å². The molecule has 82 valence electrons. The predicted octanol–water partition coefficient (Wildman–Crippen LogP) is 3.28. The molecule has 4 heteroatoms. The molecule has 13 heavy (non-hydrogen) atoms. The van der Waals surface area contributed by atoms with Crippen molar-refractivity contribution >= 4 is 37.7 Å². The SMILES string of the molecule is Cl.NC(S)CCCCCCCCS. The topological polar surface area (TPSA) is 26.0 Å². The van der Waals surface area contributed by atoms with Gasteiger partial charge >= 0.3 is 0 Å². The molecule has 0 saturated carbocycles. The number of rotatable bonds is 8. The summed E-state index contributed by atoms with van der Waals surface area (Å²) in [6.07, 6.45) is 8.87. The fourth-order valence-corrected chi connectivity index (χ4v) is 1.58. The summed E-state index contributed by atoms with van der Waals surface area (Å²) in [5.41, 5.74) is 5.51. The summed E-state index contributed by atoms with van der Waals surface area (Å²) in [6.45, 7) is 0. The third-order valence-corrected chi connectivity index (χ3v) is 2.48. The molecule has 1 atom stereocenters. The summed E-state index contributed by atoms with van der Waals surface area (Å²) in [6, 6.07) is 0. The zero-order chi connectivity index (χ0) is 9.23. The second-order valence-corrected chi connectivity index (χ2v) is 4.31. The van der Waals surface area contributed by atoms with Crippen LogP contribution in [-0.2, 0) is 0 Å². The van der Waals surface area contributed by atoms with E-state index in [4.69, 9.17) is 5.73 Å². The zero-order valence-electron chi connectivity index (χ0n) is 8.11. The molecule has 2 N–H and O–H groups in total. The molecule has 1 unspecified atom stereocenters.